The van der Waals surface area contributed by atoms with Crippen LogP contribution in [0.4, 0.5) is 0 Å². The number of morpholine rings is 1. The van der Waals surface area contributed by atoms with Gasteiger partial charge in [0.05, 0.1) is 12.7 Å². The van der Waals surface area contributed by atoms with Crippen molar-refractivity contribution in [2.24, 2.45) is 17.6 Å². The van der Waals surface area contributed by atoms with E-state index in [-0.39, 0.29) is 0 Å². The first-order chi connectivity index (χ1) is 8.11. The van der Waals surface area contributed by atoms with Crippen LogP contribution in [0.2, 0.25) is 0 Å². The van der Waals surface area contributed by atoms with Gasteiger partial charge in [-0.05, 0) is 31.1 Å². The van der Waals surface area contributed by atoms with Gasteiger partial charge in [0.15, 0.2) is 0 Å². The molecule has 1 atom stereocenters. The van der Waals surface area contributed by atoms with Gasteiger partial charge >= 0.3 is 0 Å². The molecule has 2 aliphatic rings. The summed E-state index contributed by atoms with van der Waals surface area (Å²) in [6.45, 7) is 10.7. The number of hydrogen-bond donors (Lipinski definition) is 1. The third kappa shape index (κ3) is 2.51. The lowest BCUT2D eigenvalue weighted by atomic mass is 9.63. The van der Waals surface area contributed by atoms with E-state index >= 15 is 0 Å². The van der Waals surface area contributed by atoms with Crippen LogP contribution in [0, 0.1) is 11.8 Å². The minimum absolute atomic E-state index is 0.298. The van der Waals surface area contributed by atoms with Crippen molar-refractivity contribution in [2.75, 3.05) is 26.2 Å². The Labute approximate surface area is 106 Å². The Kier molecular flexibility index (Phi) is 4.11. The molecule has 0 amide bonds. The lowest BCUT2D eigenvalue weighted by molar-refractivity contribution is -0.111. The molecule has 1 saturated carbocycles. The van der Waals surface area contributed by atoms with Crippen LogP contribution in [-0.4, -0.2) is 42.8 Å². The molecule has 2 rings (SSSR count). The molecule has 17 heavy (non-hydrogen) atoms. The van der Waals surface area contributed by atoms with Crippen molar-refractivity contribution in [3.8, 4) is 0 Å². The molecule has 1 saturated heterocycles. The summed E-state index contributed by atoms with van der Waals surface area (Å²) < 4.78 is 5.76. The predicted molar refractivity (Wildman–Crippen MR) is 71.0 cm³/mol. The first-order valence-corrected chi connectivity index (χ1v) is 7.18. The molecule has 0 radical (unpaired) electrons. The van der Waals surface area contributed by atoms with Gasteiger partial charge in [0.2, 0.25) is 0 Å². The number of rotatable bonds is 4. The van der Waals surface area contributed by atoms with Gasteiger partial charge in [-0.2, -0.15) is 0 Å². The summed E-state index contributed by atoms with van der Waals surface area (Å²) >= 11 is 0. The van der Waals surface area contributed by atoms with Gasteiger partial charge in [-0.3, -0.25) is 4.90 Å². The Bertz CT molecular complexity index is 249. The van der Waals surface area contributed by atoms with Crippen molar-refractivity contribution in [2.45, 2.75) is 51.7 Å². The quantitative estimate of drug-likeness (QED) is 0.815. The molecule has 0 aromatic rings. The van der Waals surface area contributed by atoms with E-state index in [2.05, 4.69) is 25.7 Å². The highest BCUT2D eigenvalue weighted by Gasteiger charge is 2.49. The van der Waals surface area contributed by atoms with E-state index in [0.717, 1.165) is 44.5 Å². The van der Waals surface area contributed by atoms with E-state index in [1.807, 2.05) is 0 Å². The first-order valence-electron chi connectivity index (χ1n) is 7.18. The SMILES string of the molecule is CCC1CN(C2(CN)CC(C(C)C)C2)CCO1. The van der Waals surface area contributed by atoms with E-state index in [9.17, 15) is 0 Å². The number of nitrogens with two attached hydrogens (primary N) is 1. The highest BCUT2D eigenvalue weighted by atomic mass is 16.5. The minimum Gasteiger partial charge on any atom is -0.376 e. The van der Waals surface area contributed by atoms with Crippen LogP contribution in [0.5, 0.6) is 0 Å². The molecule has 100 valence electrons. The Balaban J connectivity index is 1.95. The highest BCUT2D eigenvalue weighted by molar-refractivity contribution is 5.05. The predicted octanol–water partition coefficient (Wildman–Crippen LogP) is 1.86. The van der Waals surface area contributed by atoms with Gasteiger partial charge in [-0.25, -0.2) is 0 Å². The summed E-state index contributed by atoms with van der Waals surface area (Å²) in [6.07, 6.45) is 4.12. The van der Waals surface area contributed by atoms with Crippen LogP contribution < -0.4 is 5.73 Å². The molecule has 0 aromatic heterocycles. The van der Waals surface area contributed by atoms with Crippen LogP contribution in [0.1, 0.15) is 40.0 Å². The molecular formula is C14H28N2O. The molecule has 1 unspecified atom stereocenters. The summed E-state index contributed by atoms with van der Waals surface area (Å²) in [6, 6.07) is 0. The first kappa shape index (κ1) is 13.3. The number of hydrogen-bond acceptors (Lipinski definition) is 3. The van der Waals surface area contributed by atoms with Crippen LogP contribution in [-0.2, 0) is 4.74 Å². The van der Waals surface area contributed by atoms with Gasteiger partial charge < -0.3 is 10.5 Å². The molecule has 3 nitrogen and oxygen atoms in total. The minimum atomic E-state index is 0.298. The van der Waals surface area contributed by atoms with Gasteiger partial charge in [-0.15, -0.1) is 0 Å². The second-order valence-electron chi connectivity index (χ2n) is 6.19. The van der Waals surface area contributed by atoms with Crippen molar-refractivity contribution < 1.29 is 4.74 Å². The summed E-state index contributed by atoms with van der Waals surface area (Å²) in [5.41, 5.74) is 6.36. The maximum absolute atomic E-state index is 6.07. The second-order valence-corrected chi connectivity index (χ2v) is 6.19. The molecular weight excluding hydrogens is 212 g/mol. The van der Waals surface area contributed by atoms with Crippen molar-refractivity contribution in [3.05, 3.63) is 0 Å². The monoisotopic (exact) mass is 240 g/mol. The van der Waals surface area contributed by atoms with Crippen molar-refractivity contribution in [3.63, 3.8) is 0 Å². The summed E-state index contributed by atoms with van der Waals surface area (Å²) in [4.78, 5) is 2.61. The third-order valence-electron chi connectivity index (χ3n) is 4.87. The number of nitrogens with zero attached hydrogens (tertiary/aromatic N) is 1. The van der Waals surface area contributed by atoms with Gasteiger partial charge in [0.1, 0.15) is 0 Å². The molecule has 3 heteroatoms. The Morgan fingerprint density at radius 3 is 2.65 bits per heavy atom. The second kappa shape index (κ2) is 5.25. The van der Waals surface area contributed by atoms with Gasteiger partial charge in [0, 0.05) is 25.2 Å². The molecule has 1 heterocycles. The van der Waals surface area contributed by atoms with E-state index in [4.69, 9.17) is 10.5 Å². The van der Waals surface area contributed by atoms with Crippen molar-refractivity contribution in [1.29, 1.82) is 0 Å². The molecule has 2 N–H and O–H groups in total. The lowest BCUT2D eigenvalue weighted by Gasteiger charge is -2.57. The molecule has 1 aliphatic carbocycles. The topological polar surface area (TPSA) is 38.5 Å². The average Bonchev–Trinajstić information content (AvgIpc) is 2.28. The van der Waals surface area contributed by atoms with Crippen LogP contribution >= 0.6 is 0 Å². The maximum Gasteiger partial charge on any atom is 0.0700 e. The highest BCUT2D eigenvalue weighted by Crippen LogP contribution is 2.46. The van der Waals surface area contributed by atoms with Crippen molar-refractivity contribution in [1.82, 2.24) is 4.90 Å². The lowest BCUT2D eigenvalue weighted by Crippen LogP contribution is -2.65. The van der Waals surface area contributed by atoms with Crippen LogP contribution in [0.3, 0.4) is 0 Å². The standard InChI is InChI=1S/C14H28N2O/c1-4-13-9-16(5-6-17-13)14(10-15)7-12(8-14)11(2)3/h11-13H,4-10,15H2,1-3H3. The Hall–Kier alpha value is -0.120. The average molecular weight is 240 g/mol. The normalized spacial score (nSPS) is 39.4. The summed E-state index contributed by atoms with van der Waals surface area (Å²) in [5, 5.41) is 0. The molecule has 2 fully saturated rings. The summed E-state index contributed by atoms with van der Waals surface area (Å²) in [7, 11) is 0. The van der Waals surface area contributed by atoms with Crippen molar-refractivity contribution >= 4 is 0 Å². The molecule has 0 spiro atoms. The third-order valence-corrected chi connectivity index (χ3v) is 4.87. The molecule has 0 aromatic carbocycles. The van der Waals surface area contributed by atoms with Gasteiger partial charge in [-0.1, -0.05) is 20.8 Å². The van der Waals surface area contributed by atoms with E-state index < -0.39 is 0 Å². The van der Waals surface area contributed by atoms with E-state index in [1.54, 1.807) is 0 Å². The van der Waals surface area contributed by atoms with E-state index in [1.165, 1.54) is 12.8 Å². The fourth-order valence-corrected chi connectivity index (χ4v) is 3.34. The molecule has 1 aliphatic heterocycles. The fraction of sp³-hybridized carbons (Fsp3) is 1.00. The van der Waals surface area contributed by atoms with Gasteiger partial charge in [0.25, 0.3) is 0 Å². The Morgan fingerprint density at radius 1 is 1.41 bits per heavy atom. The largest absolute Gasteiger partial charge is 0.376 e. The van der Waals surface area contributed by atoms with Crippen LogP contribution in [0.25, 0.3) is 0 Å². The molecule has 0 bridgehead atoms. The van der Waals surface area contributed by atoms with E-state index in [0.29, 0.717) is 11.6 Å². The Morgan fingerprint density at radius 2 is 2.12 bits per heavy atom. The number of ether oxygens (including phenoxy) is 1. The zero-order valence-electron chi connectivity index (χ0n) is 11.6. The fourth-order valence-electron chi connectivity index (χ4n) is 3.34. The maximum atomic E-state index is 6.07. The zero-order valence-corrected chi connectivity index (χ0v) is 11.6. The van der Waals surface area contributed by atoms with Crippen LogP contribution in [0.15, 0.2) is 0 Å². The summed E-state index contributed by atoms with van der Waals surface area (Å²) in [5.74, 6) is 1.68. The smallest absolute Gasteiger partial charge is 0.0700 e. The zero-order chi connectivity index (χ0) is 12.5.